The first-order valence-corrected chi connectivity index (χ1v) is 7.39. The molecule has 118 valence electrons. The molecule has 2 heterocycles. The third-order valence-electron chi connectivity index (χ3n) is 3.46. The quantitative estimate of drug-likeness (QED) is 0.909. The summed E-state index contributed by atoms with van der Waals surface area (Å²) in [5.41, 5.74) is 1.41. The lowest BCUT2D eigenvalue weighted by Gasteiger charge is -2.11. The van der Waals surface area contributed by atoms with Gasteiger partial charge in [0.05, 0.1) is 6.42 Å². The molecule has 2 N–H and O–H groups in total. The Bertz CT molecular complexity index is 771. The summed E-state index contributed by atoms with van der Waals surface area (Å²) in [5.74, 6) is 1.46. The van der Waals surface area contributed by atoms with Gasteiger partial charge in [-0.25, -0.2) is 4.98 Å². The third-order valence-corrected chi connectivity index (χ3v) is 3.46. The van der Waals surface area contributed by atoms with E-state index >= 15 is 0 Å². The van der Waals surface area contributed by atoms with Gasteiger partial charge in [-0.15, -0.1) is 0 Å². The number of ether oxygens (including phenoxy) is 1. The van der Waals surface area contributed by atoms with E-state index in [-0.39, 0.29) is 24.2 Å². The van der Waals surface area contributed by atoms with E-state index < -0.39 is 0 Å². The number of aromatic nitrogens is 1. The van der Waals surface area contributed by atoms with Gasteiger partial charge in [0.25, 0.3) is 0 Å². The molecule has 0 saturated heterocycles. The summed E-state index contributed by atoms with van der Waals surface area (Å²) in [5, 5.41) is 5.52. The number of hydrogen-bond acceptors (Lipinski definition) is 4. The minimum atomic E-state index is -0.0971. The van der Waals surface area contributed by atoms with Crippen molar-refractivity contribution in [2.75, 3.05) is 10.6 Å². The van der Waals surface area contributed by atoms with Crippen molar-refractivity contribution in [2.45, 2.75) is 20.3 Å². The van der Waals surface area contributed by atoms with E-state index in [1.807, 2.05) is 13.8 Å². The van der Waals surface area contributed by atoms with Crippen molar-refractivity contribution in [3.8, 4) is 11.5 Å². The van der Waals surface area contributed by atoms with Crippen molar-refractivity contribution in [3.63, 3.8) is 0 Å². The first kappa shape index (κ1) is 15.0. The van der Waals surface area contributed by atoms with E-state index in [2.05, 4.69) is 15.6 Å². The van der Waals surface area contributed by atoms with Crippen molar-refractivity contribution < 1.29 is 14.3 Å². The van der Waals surface area contributed by atoms with E-state index in [9.17, 15) is 9.59 Å². The molecule has 3 rings (SSSR count). The van der Waals surface area contributed by atoms with E-state index in [1.54, 1.807) is 36.5 Å². The fourth-order valence-corrected chi connectivity index (χ4v) is 2.24. The Morgan fingerprint density at radius 1 is 1.35 bits per heavy atom. The van der Waals surface area contributed by atoms with Crippen molar-refractivity contribution in [3.05, 3.63) is 42.1 Å². The third kappa shape index (κ3) is 3.31. The number of anilines is 2. The summed E-state index contributed by atoms with van der Waals surface area (Å²) in [7, 11) is 0. The van der Waals surface area contributed by atoms with Gasteiger partial charge in [-0.05, 0) is 18.2 Å². The molecule has 0 bridgehead atoms. The first-order valence-electron chi connectivity index (χ1n) is 7.39. The van der Waals surface area contributed by atoms with Crippen LogP contribution in [-0.2, 0) is 16.0 Å². The van der Waals surface area contributed by atoms with Gasteiger partial charge in [0.1, 0.15) is 17.3 Å². The van der Waals surface area contributed by atoms with Crippen molar-refractivity contribution in [1.29, 1.82) is 0 Å². The molecule has 0 fully saturated rings. The van der Waals surface area contributed by atoms with Gasteiger partial charge in [0.15, 0.2) is 0 Å². The number of nitrogens with one attached hydrogen (secondary N) is 2. The standard InChI is InChI=1S/C17H17N3O3/c1-10(2)17(22)19-11-4-3-5-12(8-11)23-14-6-7-18-16-13(14)9-15(21)20-16/h3-8,10H,9H2,1-2H3,(H,19,22)(H,18,20,21). The molecule has 0 saturated carbocycles. The number of hydrogen-bond donors (Lipinski definition) is 2. The lowest BCUT2D eigenvalue weighted by molar-refractivity contribution is -0.119. The molecule has 6 heteroatoms. The Morgan fingerprint density at radius 2 is 2.17 bits per heavy atom. The maximum absolute atomic E-state index is 11.8. The fraction of sp³-hybridized carbons (Fsp3) is 0.235. The molecule has 1 aliphatic heterocycles. The summed E-state index contributed by atoms with van der Waals surface area (Å²) in [4.78, 5) is 27.4. The monoisotopic (exact) mass is 311 g/mol. The predicted octanol–water partition coefficient (Wildman–Crippen LogP) is 2.96. The normalized spacial score (nSPS) is 12.7. The van der Waals surface area contributed by atoms with Gasteiger partial charge in [-0.2, -0.15) is 0 Å². The van der Waals surface area contributed by atoms with Gasteiger partial charge < -0.3 is 15.4 Å². The molecule has 1 aromatic carbocycles. The summed E-state index contributed by atoms with van der Waals surface area (Å²) < 4.78 is 5.87. The number of pyridine rings is 1. The largest absolute Gasteiger partial charge is 0.457 e. The molecule has 0 radical (unpaired) electrons. The Morgan fingerprint density at radius 3 is 2.96 bits per heavy atom. The van der Waals surface area contributed by atoms with Crippen molar-refractivity contribution in [1.82, 2.24) is 4.98 Å². The minimum absolute atomic E-state index is 0.0539. The van der Waals surface area contributed by atoms with E-state index in [0.717, 1.165) is 5.56 Å². The maximum Gasteiger partial charge on any atom is 0.230 e. The summed E-state index contributed by atoms with van der Waals surface area (Å²) in [6.07, 6.45) is 1.84. The Hall–Kier alpha value is -2.89. The highest BCUT2D eigenvalue weighted by Gasteiger charge is 2.23. The van der Waals surface area contributed by atoms with Crippen LogP contribution in [0.3, 0.4) is 0 Å². The Kier molecular flexibility index (Phi) is 3.97. The second-order valence-electron chi connectivity index (χ2n) is 5.64. The molecule has 23 heavy (non-hydrogen) atoms. The Balaban J connectivity index is 1.81. The highest BCUT2D eigenvalue weighted by molar-refractivity contribution is 5.98. The molecule has 6 nitrogen and oxygen atoms in total. The van der Waals surface area contributed by atoms with Crippen LogP contribution in [0.25, 0.3) is 0 Å². The van der Waals surface area contributed by atoms with Crippen LogP contribution in [0.1, 0.15) is 19.4 Å². The Labute approximate surface area is 133 Å². The smallest absolute Gasteiger partial charge is 0.230 e. The van der Waals surface area contributed by atoms with Gasteiger partial charge in [-0.3, -0.25) is 9.59 Å². The molecular weight excluding hydrogens is 294 g/mol. The number of fused-ring (bicyclic) bond motifs is 1. The second-order valence-corrected chi connectivity index (χ2v) is 5.64. The lowest BCUT2D eigenvalue weighted by Crippen LogP contribution is -2.17. The van der Waals surface area contributed by atoms with Gasteiger partial charge in [0.2, 0.25) is 11.8 Å². The molecule has 1 aliphatic rings. The SMILES string of the molecule is CC(C)C(=O)Nc1cccc(Oc2ccnc3c2CC(=O)N3)c1. The van der Waals surface area contributed by atoms with Crippen LogP contribution >= 0.6 is 0 Å². The molecule has 0 atom stereocenters. The minimum Gasteiger partial charge on any atom is -0.457 e. The topological polar surface area (TPSA) is 80.3 Å². The molecule has 0 unspecified atom stereocenters. The lowest BCUT2D eigenvalue weighted by atomic mass is 10.2. The van der Waals surface area contributed by atoms with Crippen LogP contribution in [0.4, 0.5) is 11.5 Å². The summed E-state index contributed by atoms with van der Waals surface area (Å²) in [6.45, 7) is 3.67. The van der Waals surface area contributed by atoms with E-state index in [0.29, 0.717) is 23.0 Å². The number of amides is 2. The number of carbonyl (C=O) groups excluding carboxylic acids is 2. The van der Waals surface area contributed by atoms with Crippen LogP contribution in [0, 0.1) is 5.92 Å². The average molecular weight is 311 g/mol. The zero-order valence-electron chi connectivity index (χ0n) is 12.9. The van der Waals surface area contributed by atoms with E-state index in [4.69, 9.17) is 4.74 Å². The fourth-order valence-electron chi connectivity index (χ4n) is 2.24. The van der Waals surface area contributed by atoms with Crippen LogP contribution in [0.2, 0.25) is 0 Å². The van der Waals surface area contributed by atoms with Gasteiger partial charge in [0, 0.05) is 29.4 Å². The number of carbonyl (C=O) groups is 2. The van der Waals surface area contributed by atoms with E-state index in [1.165, 1.54) is 0 Å². The molecular formula is C17H17N3O3. The number of nitrogens with zero attached hydrogens (tertiary/aromatic N) is 1. The average Bonchev–Trinajstić information content (AvgIpc) is 2.89. The predicted molar refractivity (Wildman–Crippen MR) is 86.6 cm³/mol. The summed E-state index contributed by atoms with van der Waals surface area (Å²) >= 11 is 0. The van der Waals surface area contributed by atoms with Crippen LogP contribution < -0.4 is 15.4 Å². The van der Waals surface area contributed by atoms with Crippen molar-refractivity contribution >= 4 is 23.3 Å². The second kappa shape index (κ2) is 6.08. The summed E-state index contributed by atoms with van der Waals surface area (Å²) in [6, 6.07) is 8.86. The zero-order chi connectivity index (χ0) is 16.4. The molecule has 2 amide bonds. The van der Waals surface area contributed by atoms with Crippen LogP contribution in [0.5, 0.6) is 11.5 Å². The highest BCUT2D eigenvalue weighted by Crippen LogP contribution is 2.33. The first-order chi connectivity index (χ1) is 11.0. The van der Waals surface area contributed by atoms with Crippen molar-refractivity contribution in [2.24, 2.45) is 5.92 Å². The molecule has 0 spiro atoms. The molecule has 0 aliphatic carbocycles. The maximum atomic E-state index is 11.8. The highest BCUT2D eigenvalue weighted by atomic mass is 16.5. The van der Waals surface area contributed by atoms with Gasteiger partial charge >= 0.3 is 0 Å². The number of benzene rings is 1. The van der Waals surface area contributed by atoms with Gasteiger partial charge in [-0.1, -0.05) is 19.9 Å². The molecule has 1 aromatic heterocycles. The number of rotatable bonds is 4. The van der Waals surface area contributed by atoms with Crippen LogP contribution in [0.15, 0.2) is 36.5 Å². The molecule has 2 aromatic rings. The zero-order valence-corrected chi connectivity index (χ0v) is 12.9. The van der Waals surface area contributed by atoms with Crippen LogP contribution in [-0.4, -0.2) is 16.8 Å².